The number of aliphatic hydroxyl groups excluding tert-OH is 1. The Hall–Kier alpha value is -3.38. The maximum absolute atomic E-state index is 9.28. The molecule has 0 bridgehead atoms. The second-order valence-corrected chi connectivity index (χ2v) is 7.89. The second-order valence-electron chi connectivity index (χ2n) is 7.89. The zero-order valence-electron chi connectivity index (χ0n) is 17.4. The quantitative estimate of drug-likeness (QED) is 0.500. The Balaban J connectivity index is 1.36. The van der Waals surface area contributed by atoms with Crippen LogP contribution in [0.25, 0.3) is 10.9 Å². The summed E-state index contributed by atoms with van der Waals surface area (Å²) in [7, 11) is 0. The average Bonchev–Trinajstić information content (AvgIpc) is 3.28. The molecule has 2 aromatic heterocycles. The lowest BCUT2D eigenvalue weighted by Gasteiger charge is -2.34. The number of rotatable bonds is 6. The van der Waals surface area contributed by atoms with Crippen molar-refractivity contribution in [1.29, 1.82) is 0 Å². The van der Waals surface area contributed by atoms with E-state index in [1.807, 2.05) is 59.5 Å². The normalized spacial score (nSPS) is 14.8. The number of aromatic nitrogens is 3. The van der Waals surface area contributed by atoms with Crippen molar-refractivity contribution in [2.75, 3.05) is 24.6 Å². The number of piperidine rings is 1. The number of benzene rings is 2. The van der Waals surface area contributed by atoms with E-state index in [0.29, 0.717) is 12.5 Å². The van der Waals surface area contributed by atoms with Crippen molar-refractivity contribution >= 4 is 16.6 Å². The molecule has 1 aliphatic rings. The van der Waals surface area contributed by atoms with Crippen LogP contribution in [0.3, 0.4) is 0 Å². The Morgan fingerprint density at radius 3 is 2.58 bits per heavy atom. The standard InChI is InChI=1S/C25H26N4O2/c30-17-16-29-24(9-13-27-29)19-10-14-28(15-11-19)25-8-12-26-23-7-6-21(18-22(23)25)31-20-4-2-1-3-5-20/h1-9,12-13,18-19,30H,10-11,14-17H2. The molecular weight excluding hydrogens is 388 g/mol. The highest BCUT2D eigenvalue weighted by Crippen LogP contribution is 2.35. The van der Waals surface area contributed by atoms with Crippen molar-refractivity contribution in [3.63, 3.8) is 0 Å². The smallest absolute Gasteiger partial charge is 0.128 e. The van der Waals surface area contributed by atoms with Gasteiger partial charge in [-0.2, -0.15) is 5.10 Å². The Morgan fingerprint density at radius 2 is 1.77 bits per heavy atom. The van der Waals surface area contributed by atoms with Crippen LogP contribution in [0, 0.1) is 0 Å². The molecule has 5 rings (SSSR count). The number of anilines is 1. The molecule has 4 aromatic rings. The minimum Gasteiger partial charge on any atom is -0.457 e. The van der Waals surface area contributed by atoms with E-state index in [9.17, 15) is 5.11 Å². The minimum atomic E-state index is 0.115. The molecule has 1 N–H and O–H groups in total. The Morgan fingerprint density at radius 1 is 0.935 bits per heavy atom. The van der Waals surface area contributed by atoms with Crippen molar-refractivity contribution in [3.05, 3.63) is 78.8 Å². The van der Waals surface area contributed by atoms with Crippen molar-refractivity contribution < 1.29 is 9.84 Å². The number of aliphatic hydroxyl groups is 1. The number of nitrogens with zero attached hydrogens (tertiary/aromatic N) is 4. The van der Waals surface area contributed by atoms with Gasteiger partial charge in [0.1, 0.15) is 11.5 Å². The van der Waals surface area contributed by atoms with Gasteiger partial charge in [-0.1, -0.05) is 18.2 Å². The molecule has 0 saturated carbocycles. The molecule has 0 radical (unpaired) electrons. The lowest BCUT2D eigenvalue weighted by Crippen LogP contribution is -2.33. The Bertz CT molecular complexity index is 1150. The molecule has 0 amide bonds. The van der Waals surface area contributed by atoms with E-state index in [2.05, 4.69) is 33.2 Å². The van der Waals surface area contributed by atoms with Gasteiger partial charge >= 0.3 is 0 Å². The first kappa shape index (κ1) is 19.6. The summed E-state index contributed by atoms with van der Waals surface area (Å²) in [6.07, 6.45) is 5.84. The third-order valence-corrected chi connectivity index (χ3v) is 5.98. The van der Waals surface area contributed by atoms with Crippen molar-refractivity contribution in [2.45, 2.75) is 25.3 Å². The highest BCUT2D eigenvalue weighted by molar-refractivity contribution is 5.92. The second kappa shape index (κ2) is 8.78. The highest BCUT2D eigenvalue weighted by Gasteiger charge is 2.24. The van der Waals surface area contributed by atoms with Gasteiger partial charge in [-0.25, -0.2) is 0 Å². The van der Waals surface area contributed by atoms with Crippen molar-refractivity contribution in [1.82, 2.24) is 14.8 Å². The molecule has 3 heterocycles. The van der Waals surface area contributed by atoms with E-state index < -0.39 is 0 Å². The monoisotopic (exact) mass is 414 g/mol. The lowest BCUT2D eigenvalue weighted by atomic mass is 9.93. The summed E-state index contributed by atoms with van der Waals surface area (Å²) >= 11 is 0. The number of pyridine rings is 1. The zero-order chi connectivity index (χ0) is 21.0. The maximum Gasteiger partial charge on any atom is 0.128 e. The summed E-state index contributed by atoms with van der Waals surface area (Å²) in [6.45, 7) is 2.61. The topological polar surface area (TPSA) is 63.4 Å². The van der Waals surface area contributed by atoms with E-state index in [0.717, 1.165) is 48.3 Å². The third kappa shape index (κ3) is 4.11. The zero-order valence-corrected chi connectivity index (χ0v) is 17.4. The minimum absolute atomic E-state index is 0.115. The Labute approximate surface area is 181 Å². The fraction of sp³-hybridized carbons (Fsp3) is 0.280. The molecule has 1 aliphatic heterocycles. The summed E-state index contributed by atoms with van der Waals surface area (Å²) < 4.78 is 7.99. The van der Waals surface area contributed by atoms with Crippen LogP contribution in [0.5, 0.6) is 11.5 Å². The Kier molecular flexibility index (Phi) is 5.54. The van der Waals surface area contributed by atoms with E-state index in [-0.39, 0.29) is 6.61 Å². The predicted molar refractivity (Wildman–Crippen MR) is 122 cm³/mol. The fourth-order valence-corrected chi connectivity index (χ4v) is 4.46. The van der Waals surface area contributed by atoms with E-state index in [4.69, 9.17) is 4.74 Å². The van der Waals surface area contributed by atoms with Gasteiger partial charge in [0.25, 0.3) is 0 Å². The first-order chi connectivity index (χ1) is 15.3. The van der Waals surface area contributed by atoms with Gasteiger partial charge in [0.05, 0.1) is 18.7 Å². The highest BCUT2D eigenvalue weighted by atomic mass is 16.5. The molecule has 31 heavy (non-hydrogen) atoms. The SMILES string of the molecule is OCCn1nccc1C1CCN(c2ccnc3ccc(Oc4ccccc4)cc23)CC1. The fourth-order valence-electron chi connectivity index (χ4n) is 4.46. The van der Waals surface area contributed by atoms with Crippen molar-refractivity contribution in [2.24, 2.45) is 0 Å². The molecule has 1 saturated heterocycles. The van der Waals surface area contributed by atoms with Crippen molar-refractivity contribution in [3.8, 4) is 11.5 Å². The van der Waals surface area contributed by atoms with E-state index in [1.165, 1.54) is 11.4 Å². The van der Waals surface area contributed by atoms with Crippen LogP contribution < -0.4 is 9.64 Å². The van der Waals surface area contributed by atoms with Crippen LogP contribution in [0.1, 0.15) is 24.5 Å². The van der Waals surface area contributed by atoms with Gasteiger partial charge < -0.3 is 14.7 Å². The van der Waals surface area contributed by atoms with Crippen LogP contribution in [0.4, 0.5) is 5.69 Å². The summed E-state index contributed by atoms with van der Waals surface area (Å²) in [6, 6.07) is 20.1. The molecule has 0 spiro atoms. The number of fused-ring (bicyclic) bond motifs is 1. The number of hydrogen-bond donors (Lipinski definition) is 1. The van der Waals surface area contributed by atoms with Gasteiger partial charge in [0.15, 0.2) is 0 Å². The van der Waals surface area contributed by atoms with E-state index in [1.54, 1.807) is 0 Å². The van der Waals surface area contributed by atoms with Crippen LogP contribution in [-0.4, -0.2) is 39.6 Å². The number of ether oxygens (including phenoxy) is 1. The molecule has 158 valence electrons. The molecule has 1 fully saturated rings. The molecule has 0 atom stereocenters. The predicted octanol–water partition coefficient (Wildman–Crippen LogP) is 4.60. The average molecular weight is 415 g/mol. The molecular formula is C25H26N4O2. The molecule has 6 heteroatoms. The molecule has 2 aromatic carbocycles. The van der Waals surface area contributed by atoms with Crippen LogP contribution in [-0.2, 0) is 6.54 Å². The summed E-state index contributed by atoms with van der Waals surface area (Å²) in [5, 5.41) is 14.8. The van der Waals surface area contributed by atoms with Gasteiger partial charge in [-0.3, -0.25) is 9.67 Å². The summed E-state index contributed by atoms with van der Waals surface area (Å²) in [4.78, 5) is 7.00. The molecule has 0 aliphatic carbocycles. The van der Waals surface area contributed by atoms with Gasteiger partial charge in [-0.05, 0) is 55.3 Å². The summed E-state index contributed by atoms with van der Waals surface area (Å²) in [5.41, 5.74) is 3.40. The van der Waals surface area contributed by atoms with Gasteiger partial charge in [-0.15, -0.1) is 0 Å². The van der Waals surface area contributed by atoms with Gasteiger partial charge in [0.2, 0.25) is 0 Å². The number of hydrogen-bond acceptors (Lipinski definition) is 5. The third-order valence-electron chi connectivity index (χ3n) is 5.98. The van der Waals surface area contributed by atoms with E-state index >= 15 is 0 Å². The maximum atomic E-state index is 9.28. The molecule has 0 unspecified atom stereocenters. The number of para-hydroxylation sites is 1. The first-order valence-electron chi connectivity index (χ1n) is 10.8. The largest absolute Gasteiger partial charge is 0.457 e. The van der Waals surface area contributed by atoms with Crippen LogP contribution >= 0.6 is 0 Å². The van der Waals surface area contributed by atoms with Gasteiger partial charge in [0, 0.05) is 48.2 Å². The summed E-state index contributed by atoms with van der Waals surface area (Å²) in [5.74, 6) is 2.11. The molecule has 6 nitrogen and oxygen atoms in total. The lowest BCUT2D eigenvalue weighted by molar-refractivity contribution is 0.265. The first-order valence-corrected chi connectivity index (χ1v) is 10.8. The van der Waals surface area contributed by atoms with Crippen LogP contribution in [0.2, 0.25) is 0 Å². The van der Waals surface area contributed by atoms with Crippen LogP contribution in [0.15, 0.2) is 73.1 Å².